The highest BCUT2D eigenvalue weighted by atomic mass is 16.3. The second-order valence-electron chi connectivity index (χ2n) is 7.06. The summed E-state index contributed by atoms with van der Waals surface area (Å²) in [5.41, 5.74) is 3.07. The molecule has 0 aliphatic heterocycles. The van der Waals surface area contributed by atoms with Crippen molar-refractivity contribution in [2.75, 3.05) is 25.5 Å². The summed E-state index contributed by atoms with van der Waals surface area (Å²) in [5.74, 6) is 0. The van der Waals surface area contributed by atoms with Crippen molar-refractivity contribution in [3.05, 3.63) is 36.0 Å². The summed E-state index contributed by atoms with van der Waals surface area (Å²) in [7, 11) is 4.06. The number of nitrogens with one attached hydrogen (secondary N) is 1. The van der Waals surface area contributed by atoms with E-state index in [1.165, 1.54) is 0 Å². The molecule has 0 radical (unpaired) electrons. The highest BCUT2D eigenvalue weighted by molar-refractivity contribution is 5.82. The van der Waals surface area contributed by atoms with Crippen molar-refractivity contribution in [3.63, 3.8) is 0 Å². The number of aliphatic hydroxyl groups excluding tert-OH is 1. The number of aliphatic hydroxyl groups is 1. The zero-order chi connectivity index (χ0) is 16.3. The minimum absolute atomic E-state index is 0.0143. The molecule has 0 spiro atoms. The second kappa shape index (κ2) is 6.63. The smallest absolute Gasteiger partial charge is 0.0720 e. The highest BCUT2D eigenvalue weighted by Gasteiger charge is 2.13. The van der Waals surface area contributed by atoms with E-state index in [9.17, 15) is 5.11 Å². The van der Waals surface area contributed by atoms with Crippen molar-refractivity contribution in [3.8, 4) is 0 Å². The third-order valence-corrected chi connectivity index (χ3v) is 3.56. The summed E-state index contributed by atoms with van der Waals surface area (Å²) < 4.78 is 0. The van der Waals surface area contributed by atoms with E-state index in [0.717, 1.165) is 22.3 Å². The number of nitrogens with zero attached hydrogens (tertiary/aromatic N) is 2. The Kier molecular flexibility index (Phi) is 5.04. The van der Waals surface area contributed by atoms with Gasteiger partial charge in [-0.25, -0.2) is 0 Å². The Morgan fingerprint density at radius 1 is 1.18 bits per heavy atom. The van der Waals surface area contributed by atoms with E-state index in [1.807, 2.05) is 26.2 Å². The molecule has 0 amide bonds. The van der Waals surface area contributed by atoms with Crippen LogP contribution >= 0.6 is 0 Å². The molecule has 22 heavy (non-hydrogen) atoms. The Balaban J connectivity index is 2.08. The van der Waals surface area contributed by atoms with Crippen LogP contribution in [0.3, 0.4) is 0 Å². The Hall–Kier alpha value is -1.65. The van der Waals surface area contributed by atoms with Crippen LogP contribution in [0.5, 0.6) is 0 Å². The fourth-order valence-electron chi connectivity index (χ4n) is 2.28. The van der Waals surface area contributed by atoms with Gasteiger partial charge < -0.3 is 15.3 Å². The van der Waals surface area contributed by atoms with Crippen molar-refractivity contribution in [2.45, 2.75) is 38.8 Å². The lowest BCUT2D eigenvalue weighted by atomic mass is 10.1. The molecule has 2 aromatic rings. The minimum Gasteiger partial charge on any atom is -0.391 e. The molecule has 4 nitrogen and oxygen atoms in total. The average Bonchev–Trinajstić information content (AvgIpc) is 2.43. The van der Waals surface area contributed by atoms with Gasteiger partial charge in [-0.05, 0) is 45.0 Å². The predicted octanol–water partition coefficient (Wildman–Crippen LogP) is 2.59. The first-order valence-corrected chi connectivity index (χ1v) is 7.75. The van der Waals surface area contributed by atoms with E-state index in [1.54, 1.807) is 0 Å². The van der Waals surface area contributed by atoms with E-state index < -0.39 is 6.10 Å². The van der Waals surface area contributed by atoms with Gasteiger partial charge in [0.15, 0.2) is 0 Å². The Bertz CT molecular complexity index is 632. The lowest BCUT2D eigenvalue weighted by molar-refractivity contribution is 0.160. The molecule has 1 aromatic heterocycles. The van der Waals surface area contributed by atoms with Crippen LogP contribution in [-0.4, -0.2) is 42.4 Å². The van der Waals surface area contributed by atoms with Crippen molar-refractivity contribution in [1.82, 2.24) is 10.3 Å². The molecular formula is C18H27N3O. The summed E-state index contributed by atoms with van der Waals surface area (Å²) in [6.07, 6.45) is 0.138. The number of pyridine rings is 1. The lowest BCUT2D eigenvalue weighted by Crippen LogP contribution is -2.41. The predicted molar refractivity (Wildman–Crippen MR) is 93.5 cm³/mol. The maximum Gasteiger partial charge on any atom is 0.0720 e. The summed E-state index contributed by atoms with van der Waals surface area (Å²) in [6, 6.07) is 10.3. The third-order valence-electron chi connectivity index (χ3n) is 3.56. The molecule has 0 fully saturated rings. The molecule has 120 valence electrons. The highest BCUT2D eigenvalue weighted by Crippen LogP contribution is 2.20. The van der Waals surface area contributed by atoms with Gasteiger partial charge in [0.1, 0.15) is 0 Å². The van der Waals surface area contributed by atoms with Gasteiger partial charge in [0, 0.05) is 49.4 Å². The van der Waals surface area contributed by atoms with Gasteiger partial charge in [-0.1, -0.05) is 6.07 Å². The standard InChI is InChI=1S/C18H27N3O/c1-18(2,3)19-12-16(22)11-14-7-6-13-10-15(21(4)5)8-9-17(13)20-14/h6-10,16,19,22H,11-12H2,1-5H3/t16-/m1/s1. The molecule has 4 heteroatoms. The fraction of sp³-hybridized carbons (Fsp3) is 0.500. The molecule has 1 atom stereocenters. The SMILES string of the molecule is CN(C)c1ccc2nc(C[C@@H](O)CNC(C)(C)C)ccc2c1. The maximum absolute atomic E-state index is 10.1. The number of anilines is 1. The van der Waals surface area contributed by atoms with Crippen molar-refractivity contribution < 1.29 is 5.11 Å². The first kappa shape index (κ1) is 16.7. The Morgan fingerprint density at radius 3 is 2.55 bits per heavy atom. The van der Waals surface area contributed by atoms with Crippen LogP contribution in [0.15, 0.2) is 30.3 Å². The van der Waals surface area contributed by atoms with Crippen molar-refractivity contribution in [2.24, 2.45) is 0 Å². The largest absolute Gasteiger partial charge is 0.391 e. The summed E-state index contributed by atoms with van der Waals surface area (Å²) in [6.45, 7) is 6.85. The number of aromatic nitrogens is 1. The van der Waals surface area contributed by atoms with E-state index in [2.05, 4.69) is 54.2 Å². The molecule has 0 saturated carbocycles. The number of β-amino-alcohol motifs (C(OH)–C–C–N with tert-alkyl or cyclic N) is 1. The van der Waals surface area contributed by atoms with Gasteiger partial charge in [-0.3, -0.25) is 4.98 Å². The maximum atomic E-state index is 10.1. The molecule has 0 aliphatic carbocycles. The van der Waals surface area contributed by atoms with E-state index >= 15 is 0 Å². The summed E-state index contributed by atoms with van der Waals surface area (Å²) in [5, 5.41) is 14.6. The monoisotopic (exact) mass is 301 g/mol. The minimum atomic E-state index is -0.426. The molecule has 2 N–H and O–H groups in total. The first-order valence-electron chi connectivity index (χ1n) is 7.75. The van der Waals surface area contributed by atoms with E-state index in [4.69, 9.17) is 0 Å². The number of fused-ring (bicyclic) bond motifs is 1. The summed E-state index contributed by atoms with van der Waals surface area (Å²) >= 11 is 0. The van der Waals surface area contributed by atoms with Gasteiger partial charge >= 0.3 is 0 Å². The fourth-order valence-corrected chi connectivity index (χ4v) is 2.28. The lowest BCUT2D eigenvalue weighted by Gasteiger charge is -2.22. The van der Waals surface area contributed by atoms with Crippen LogP contribution in [0.1, 0.15) is 26.5 Å². The van der Waals surface area contributed by atoms with Gasteiger partial charge in [0.2, 0.25) is 0 Å². The topological polar surface area (TPSA) is 48.4 Å². The molecule has 1 aromatic carbocycles. The third kappa shape index (κ3) is 4.68. The van der Waals surface area contributed by atoms with Gasteiger partial charge in [0.05, 0.1) is 11.6 Å². The molecule has 1 heterocycles. The zero-order valence-corrected chi connectivity index (χ0v) is 14.2. The van der Waals surface area contributed by atoms with Crippen LogP contribution in [0.2, 0.25) is 0 Å². The normalized spacial score (nSPS) is 13.4. The first-order chi connectivity index (χ1) is 10.2. The Labute approximate surface area is 133 Å². The van der Waals surface area contributed by atoms with Crippen LogP contribution in [0, 0.1) is 0 Å². The van der Waals surface area contributed by atoms with E-state index in [0.29, 0.717) is 13.0 Å². The molecule has 0 saturated heterocycles. The molecule has 0 aliphatic rings. The molecule has 0 unspecified atom stereocenters. The molecule has 2 rings (SSSR count). The number of rotatable bonds is 5. The second-order valence-corrected chi connectivity index (χ2v) is 7.06. The van der Waals surface area contributed by atoms with E-state index in [-0.39, 0.29) is 5.54 Å². The van der Waals surface area contributed by atoms with Gasteiger partial charge in [-0.2, -0.15) is 0 Å². The van der Waals surface area contributed by atoms with Crippen LogP contribution in [0.4, 0.5) is 5.69 Å². The molecule has 0 bridgehead atoms. The zero-order valence-electron chi connectivity index (χ0n) is 14.2. The van der Waals surface area contributed by atoms with Crippen LogP contribution < -0.4 is 10.2 Å². The average molecular weight is 301 g/mol. The number of hydrogen-bond donors (Lipinski definition) is 2. The number of benzene rings is 1. The van der Waals surface area contributed by atoms with Crippen LogP contribution in [-0.2, 0) is 6.42 Å². The van der Waals surface area contributed by atoms with Gasteiger partial charge in [-0.15, -0.1) is 0 Å². The number of hydrogen-bond acceptors (Lipinski definition) is 4. The van der Waals surface area contributed by atoms with Crippen LogP contribution in [0.25, 0.3) is 10.9 Å². The Morgan fingerprint density at radius 2 is 1.91 bits per heavy atom. The molecular weight excluding hydrogens is 274 g/mol. The van der Waals surface area contributed by atoms with Crippen molar-refractivity contribution in [1.29, 1.82) is 0 Å². The summed E-state index contributed by atoms with van der Waals surface area (Å²) in [4.78, 5) is 6.73. The van der Waals surface area contributed by atoms with Crippen molar-refractivity contribution >= 4 is 16.6 Å². The van der Waals surface area contributed by atoms with Gasteiger partial charge in [0.25, 0.3) is 0 Å². The quantitative estimate of drug-likeness (QED) is 0.891.